The second-order valence-electron chi connectivity index (χ2n) is 4.59. The number of alkyl halides is 3. The van der Waals surface area contributed by atoms with Crippen molar-refractivity contribution in [3.8, 4) is 0 Å². The topological polar surface area (TPSA) is 24.1 Å². The Morgan fingerprint density at radius 2 is 2.17 bits per heavy atom. The van der Waals surface area contributed by atoms with E-state index in [2.05, 4.69) is 10.6 Å². The Labute approximate surface area is 105 Å². The molecule has 1 atom stereocenters. The van der Waals surface area contributed by atoms with Crippen LogP contribution in [0.25, 0.3) is 0 Å². The maximum Gasteiger partial charge on any atom is 0.416 e. The number of anilines is 1. The van der Waals surface area contributed by atoms with E-state index in [4.69, 9.17) is 0 Å². The van der Waals surface area contributed by atoms with Crippen molar-refractivity contribution < 1.29 is 13.2 Å². The summed E-state index contributed by atoms with van der Waals surface area (Å²) in [5.41, 5.74) is -0.0747. The molecule has 1 heterocycles. The van der Waals surface area contributed by atoms with E-state index in [1.807, 2.05) is 0 Å². The summed E-state index contributed by atoms with van der Waals surface area (Å²) in [6, 6.07) is 5.84. The summed E-state index contributed by atoms with van der Waals surface area (Å²) in [5.74, 6) is 0. The van der Waals surface area contributed by atoms with Gasteiger partial charge in [-0.15, -0.1) is 0 Å². The van der Waals surface area contributed by atoms with Gasteiger partial charge < -0.3 is 10.6 Å². The highest BCUT2D eigenvalue weighted by Crippen LogP contribution is 2.30. The van der Waals surface area contributed by atoms with Gasteiger partial charge in [-0.2, -0.15) is 13.2 Å². The molecule has 0 bridgehead atoms. The summed E-state index contributed by atoms with van der Waals surface area (Å²) < 4.78 is 37.5. The molecule has 0 radical (unpaired) electrons. The normalized spacial score (nSPS) is 20.1. The quantitative estimate of drug-likeness (QED) is 0.866. The fourth-order valence-corrected chi connectivity index (χ4v) is 2.20. The Hall–Kier alpha value is -1.23. The molecule has 0 amide bonds. The highest BCUT2D eigenvalue weighted by Gasteiger charge is 2.30. The zero-order chi connectivity index (χ0) is 13.0. The Kier molecular flexibility index (Phi) is 4.11. The molecule has 2 nitrogen and oxygen atoms in total. The monoisotopic (exact) mass is 258 g/mol. The van der Waals surface area contributed by atoms with Crippen LogP contribution >= 0.6 is 0 Å². The van der Waals surface area contributed by atoms with Crippen molar-refractivity contribution >= 4 is 5.69 Å². The number of hydrogen-bond donors (Lipinski definition) is 2. The summed E-state index contributed by atoms with van der Waals surface area (Å²) in [7, 11) is 0. The first-order chi connectivity index (χ1) is 8.55. The van der Waals surface area contributed by atoms with Crippen LogP contribution in [0.2, 0.25) is 0 Å². The lowest BCUT2D eigenvalue weighted by Crippen LogP contribution is -2.24. The second-order valence-corrected chi connectivity index (χ2v) is 4.59. The lowest BCUT2D eigenvalue weighted by atomic mass is 10.1. The maximum atomic E-state index is 12.5. The van der Waals surface area contributed by atoms with E-state index in [9.17, 15) is 13.2 Å². The zero-order valence-electron chi connectivity index (χ0n) is 10.1. The highest BCUT2D eigenvalue weighted by atomic mass is 19.4. The molecule has 1 aliphatic rings. The molecule has 0 aliphatic carbocycles. The molecule has 2 N–H and O–H groups in total. The third-order valence-electron chi connectivity index (χ3n) is 3.17. The molecular weight excluding hydrogens is 241 g/mol. The largest absolute Gasteiger partial charge is 0.416 e. The summed E-state index contributed by atoms with van der Waals surface area (Å²) in [4.78, 5) is 0. The van der Waals surface area contributed by atoms with Gasteiger partial charge in [0.1, 0.15) is 0 Å². The predicted octanol–water partition coefficient (Wildman–Crippen LogP) is 3.26. The molecule has 1 saturated heterocycles. The first-order valence-corrected chi connectivity index (χ1v) is 6.20. The molecule has 2 rings (SSSR count). The van der Waals surface area contributed by atoms with Gasteiger partial charge in [-0.3, -0.25) is 0 Å². The van der Waals surface area contributed by atoms with Crippen LogP contribution in [0.3, 0.4) is 0 Å². The molecule has 1 aromatic carbocycles. The molecule has 1 unspecified atom stereocenters. The third-order valence-corrected chi connectivity index (χ3v) is 3.17. The van der Waals surface area contributed by atoms with E-state index in [0.717, 1.165) is 31.5 Å². The summed E-state index contributed by atoms with van der Waals surface area (Å²) >= 11 is 0. The molecule has 1 aromatic rings. The molecule has 100 valence electrons. The minimum Gasteiger partial charge on any atom is -0.385 e. The van der Waals surface area contributed by atoms with Crippen LogP contribution < -0.4 is 10.6 Å². The van der Waals surface area contributed by atoms with Gasteiger partial charge in [0, 0.05) is 18.3 Å². The van der Waals surface area contributed by atoms with Gasteiger partial charge in [-0.25, -0.2) is 0 Å². The SMILES string of the molecule is FC(F)(F)c1cccc(NCCC2CCCN2)c1. The molecule has 0 aromatic heterocycles. The molecule has 18 heavy (non-hydrogen) atoms. The van der Waals surface area contributed by atoms with Crippen LogP contribution in [0.5, 0.6) is 0 Å². The Morgan fingerprint density at radius 1 is 1.33 bits per heavy atom. The van der Waals surface area contributed by atoms with E-state index in [0.29, 0.717) is 18.3 Å². The van der Waals surface area contributed by atoms with E-state index in [1.165, 1.54) is 12.5 Å². The minimum atomic E-state index is -4.27. The predicted molar refractivity (Wildman–Crippen MR) is 65.6 cm³/mol. The van der Waals surface area contributed by atoms with Crippen molar-refractivity contribution in [2.45, 2.75) is 31.5 Å². The minimum absolute atomic E-state index is 0.503. The van der Waals surface area contributed by atoms with E-state index < -0.39 is 11.7 Å². The van der Waals surface area contributed by atoms with Gasteiger partial charge in [-0.05, 0) is 44.0 Å². The van der Waals surface area contributed by atoms with Crippen LogP contribution in [-0.2, 0) is 6.18 Å². The van der Waals surface area contributed by atoms with E-state index in [1.54, 1.807) is 6.07 Å². The van der Waals surface area contributed by atoms with Gasteiger partial charge in [0.25, 0.3) is 0 Å². The van der Waals surface area contributed by atoms with Crippen LogP contribution in [0.1, 0.15) is 24.8 Å². The lowest BCUT2D eigenvalue weighted by Gasteiger charge is -2.13. The third kappa shape index (κ3) is 3.63. The molecule has 5 heteroatoms. The van der Waals surface area contributed by atoms with Crippen LogP contribution in [0.15, 0.2) is 24.3 Å². The standard InChI is InChI=1S/C13H17F3N2/c14-13(15,16)10-3-1-4-12(9-10)18-8-6-11-5-2-7-17-11/h1,3-4,9,11,17-18H,2,5-8H2. The fraction of sp³-hybridized carbons (Fsp3) is 0.538. The van der Waals surface area contributed by atoms with Crippen molar-refractivity contribution in [2.75, 3.05) is 18.4 Å². The second kappa shape index (κ2) is 5.61. The molecule has 0 spiro atoms. The summed E-state index contributed by atoms with van der Waals surface area (Å²) in [5, 5.41) is 6.40. The average Bonchev–Trinajstić information content (AvgIpc) is 2.81. The first kappa shape index (κ1) is 13.2. The number of nitrogens with one attached hydrogen (secondary N) is 2. The maximum absolute atomic E-state index is 12.5. The average molecular weight is 258 g/mol. The number of hydrogen-bond acceptors (Lipinski definition) is 2. The fourth-order valence-electron chi connectivity index (χ4n) is 2.20. The van der Waals surface area contributed by atoms with Crippen molar-refractivity contribution in [2.24, 2.45) is 0 Å². The van der Waals surface area contributed by atoms with Crippen molar-refractivity contribution in [1.82, 2.24) is 5.32 Å². The molecule has 1 aliphatic heterocycles. The number of benzene rings is 1. The van der Waals surface area contributed by atoms with Gasteiger partial charge >= 0.3 is 6.18 Å². The molecular formula is C13H17F3N2. The van der Waals surface area contributed by atoms with Gasteiger partial charge in [-0.1, -0.05) is 6.07 Å². The lowest BCUT2D eigenvalue weighted by molar-refractivity contribution is -0.137. The van der Waals surface area contributed by atoms with Gasteiger partial charge in [0.15, 0.2) is 0 Å². The van der Waals surface area contributed by atoms with Gasteiger partial charge in [0.2, 0.25) is 0 Å². The Bertz CT molecular complexity index is 384. The summed E-state index contributed by atoms with van der Waals surface area (Å²) in [6.07, 6.45) is -0.987. The highest BCUT2D eigenvalue weighted by molar-refractivity contribution is 5.46. The Morgan fingerprint density at radius 3 is 2.83 bits per heavy atom. The van der Waals surface area contributed by atoms with Crippen LogP contribution in [-0.4, -0.2) is 19.1 Å². The molecule has 1 fully saturated rings. The number of halogens is 3. The first-order valence-electron chi connectivity index (χ1n) is 6.20. The van der Waals surface area contributed by atoms with Crippen molar-refractivity contribution in [1.29, 1.82) is 0 Å². The number of rotatable bonds is 4. The van der Waals surface area contributed by atoms with Crippen LogP contribution in [0.4, 0.5) is 18.9 Å². The van der Waals surface area contributed by atoms with E-state index >= 15 is 0 Å². The van der Waals surface area contributed by atoms with Crippen molar-refractivity contribution in [3.05, 3.63) is 29.8 Å². The van der Waals surface area contributed by atoms with Gasteiger partial charge in [0.05, 0.1) is 5.56 Å². The molecule has 0 saturated carbocycles. The zero-order valence-corrected chi connectivity index (χ0v) is 10.1. The Balaban J connectivity index is 1.85. The van der Waals surface area contributed by atoms with E-state index in [-0.39, 0.29) is 0 Å². The summed E-state index contributed by atoms with van der Waals surface area (Å²) in [6.45, 7) is 1.74. The van der Waals surface area contributed by atoms with Crippen LogP contribution in [0, 0.1) is 0 Å². The van der Waals surface area contributed by atoms with Crippen molar-refractivity contribution in [3.63, 3.8) is 0 Å². The smallest absolute Gasteiger partial charge is 0.385 e.